The van der Waals surface area contributed by atoms with Gasteiger partial charge in [-0.3, -0.25) is 13.9 Å². The van der Waals surface area contributed by atoms with Crippen molar-refractivity contribution in [3.05, 3.63) is 56.7 Å². The Balaban J connectivity index is 2.08. The number of imidazole rings is 1. The maximum Gasteiger partial charge on any atom is 0.332 e. The summed E-state index contributed by atoms with van der Waals surface area (Å²) in [6.45, 7) is 2.69. The first-order chi connectivity index (χ1) is 12.5. The summed E-state index contributed by atoms with van der Waals surface area (Å²) >= 11 is 0. The molecular formula is C18H22N6O2. The van der Waals surface area contributed by atoms with Crippen LogP contribution in [0.4, 0.5) is 5.95 Å². The van der Waals surface area contributed by atoms with E-state index >= 15 is 0 Å². The van der Waals surface area contributed by atoms with E-state index in [0.717, 1.165) is 23.0 Å². The number of hydrogen-bond donors (Lipinski definition) is 1. The quantitative estimate of drug-likeness (QED) is 0.539. The molecule has 0 fully saturated rings. The van der Waals surface area contributed by atoms with Crippen molar-refractivity contribution < 1.29 is 0 Å². The Morgan fingerprint density at radius 2 is 1.88 bits per heavy atom. The number of nitrogens with zero attached hydrogens (tertiary/aromatic N) is 5. The molecule has 26 heavy (non-hydrogen) atoms. The second-order valence-electron chi connectivity index (χ2n) is 6.10. The van der Waals surface area contributed by atoms with Crippen LogP contribution in [0.1, 0.15) is 25.3 Å². The van der Waals surface area contributed by atoms with Gasteiger partial charge in [-0.15, -0.1) is 0 Å². The maximum absolute atomic E-state index is 12.6. The molecule has 3 rings (SSSR count). The van der Waals surface area contributed by atoms with E-state index in [0.29, 0.717) is 23.7 Å². The Bertz CT molecular complexity index is 1060. The molecule has 0 aliphatic heterocycles. The molecule has 0 saturated carbocycles. The van der Waals surface area contributed by atoms with Crippen molar-refractivity contribution >= 4 is 23.3 Å². The molecule has 0 spiro atoms. The highest BCUT2D eigenvalue weighted by atomic mass is 16.2. The van der Waals surface area contributed by atoms with Crippen LogP contribution in [0.15, 0.2) is 45.0 Å². The Morgan fingerprint density at radius 3 is 2.58 bits per heavy atom. The summed E-state index contributed by atoms with van der Waals surface area (Å²) in [7, 11) is 3.08. The molecule has 8 nitrogen and oxygen atoms in total. The van der Waals surface area contributed by atoms with Gasteiger partial charge in [-0.05, 0) is 12.0 Å². The molecule has 0 unspecified atom stereocenters. The number of unbranched alkanes of at least 4 members (excludes halogenated alkanes) is 1. The number of aromatic nitrogens is 4. The summed E-state index contributed by atoms with van der Waals surface area (Å²) in [5.41, 5.74) is 3.86. The highest BCUT2D eigenvalue weighted by molar-refractivity contribution is 5.80. The van der Waals surface area contributed by atoms with E-state index in [1.807, 2.05) is 30.3 Å². The van der Waals surface area contributed by atoms with Crippen LogP contribution >= 0.6 is 0 Å². The smallest absolute Gasteiger partial charge is 0.303 e. The van der Waals surface area contributed by atoms with Crippen LogP contribution in [0, 0.1) is 0 Å². The van der Waals surface area contributed by atoms with Crippen molar-refractivity contribution in [2.75, 3.05) is 5.43 Å². The average Bonchev–Trinajstić information content (AvgIpc) is 3.02. The van der Waals surface area contributed by atoms with Crippen LogP contribution in [0.2, 0.25) is 0 Å². The molecule has 136 valence electrons. The lowest BCUT2D eigenvalue weighted by Gasteiger charge is -2.08. The second kappa shape index (κ2) is 7.38. The summed E-state index contributed by atoms with van der Waals surface area (Å²) in [6.07, 6.45) is 3.54. The Hall–Kier alpha value is -3.16. The van der Waals surface area contributed by atoms with E-state index in [2.05, 4.69) is 22.4 Å². The number of fused-ring (bicyclic) bond motifs is 1. The molecule has 2 heterocycles. The standard InChI is InChI=1S/C18H22N6O2/c1-4-5-11-24-14-15(22(2)18(26)23(3)16(14)25)20-17(24)21-19-12-13-9-7-6-8-10-13/h6-10,12H,4-5,11H2,1-3H3,(H,20,21)/b19-12+. The molecule has 0 aliphatic rings. The van der Waals surface area contributed by atoms with Crippen LogP contribution in [0.3, 0.4) is 0 Å². The minimum atomic E-state index is -0.401. The van der Waals surface area contributed by atoms with Crippen molar-refractivity contribution in [3.63, 3.8) is 0 Å². The molecule has 8 heteroatoms. The Morgan fingerprint density at radius 1 is 1.15 bits per heavy atom. The largest absolute Gasteiger partial charge is 0.332 e. The molecule has 1 aromatic carbocycles. The zero-order chi connectivity index (χ0) is 18.7. The van der Waals surface area contributed by atoms with Crippen LogP contribution in [0.25, 0.3) is 11.2 Å². The third-order valence-electron chi connectivity index (χ3n) is 4.26. The van der Waals surface area contributed by atoms with Gasteiger partial charge in [0.15, 0.2) is 11.2 Å². The summed E-state index contributed by atoms with van der Waals surface area (Å²) in [5, 5.41) is 4.23. The van der Waals surface area contributed by atoms with Crippen molar-refractivity contribution in [2.24, 2.45) is 19.2 Å². The summed E-state index contributed by atoms with van der Waals surface area (Å²) in [5.74, 6) is 0.443. The predicted octanol–water partition coefficient (Wildman–Crippen LogP) is 1.68. The van der Waals surface area contributed by atoms with Crippen molar-refractivity contribution in [2.45, 2.75) is 26.3 Å². The van der Waals surface area contributed by atoms with Gasteiger partial charge in [-0.25, -0.2) is 10.2 Å². The number of anilines is 1. The average molecular weight is 354 g/mol. The number of hydrazone groups is 1. The lowest BCUT2D eigenvalue weighted by Crippen LogP contribution is -2.37. The molecule has 0 aliphatic carbocycles. The van der Waals surface area contributed by atoms with E-state index in [1.165, 1.54) is 11.6 Å². The molecule has 3 aromatic rings. The van der Waals surface area contributed by atoms with Gasteiger partial charge < -0.3 is 4.57 Å². The van der Waals surface area contributed by atoms with Gasteiger partial charge in [0.25, 0.3) is 5.56 Å². The number of aryl methyl sites for hydroxylation is 2. The number of benzene rings is 1. The fourth-order valence-electron chi connectivity index (χ4n) is 2.77. The SMILES string of the molecule is CCCCn1c(N/N=C/c2ccccc2)nc2c1c(=O)n(C)c(=O)n2C. The number of hydrogen-bond acceptors (Lipinski definition) is 5. The first-order valence-corrected chi connectivity index (χ1v) is 8.55. The highest BCUT2D eigenvalue weighted by Crippen LogP contribution is 2.16. The zero-order valence-electron chi connectivity index (χ0n) is 15.1. The Kier molecular flexibility index (Phi) is 5.01. The minimum absolute atomic E-state index is 0.353. The number of nitrogens with one attached hydrogen (secondary N) is 1. The molecular weight excluding hydrogens is 332 g/mol. The lowest BCUT2D eigenvalue weighted by atomic mass is 10.2. The molecule has 0 atom stereocenters. The fraction of sp³-hybridized carbons (Fsp3) is 0.333. The van der Waals surface area contributed by atoms with E-state index in [4.69, 9.17) is 0 Å². The third-order valence-corrected chi connectivity index (χ3v) is 4.26. The second-order valence-corrected chi connectivity index (χ2v) is 6.10. The zero-order valence-corrected chi connectivity index (χ0v) is 15.1. The van der Waals surface area contributed by atoms with Crippen LogP contribution in [-0.2, 0) is 20.6 Å². The van der Waals surface area contributed by atoms with E-state index in [-0.39, 0.29) is 5.56 Å². The predicted molar refractivity (Wildman–Crippen MR) is 103 cm³/mol. The first-order valence-electron chi connectivity index (χ1n) is 8.55. The maximum atomic E-state index is 12.6. The van der Waals surface area contributed by atoms with Crippen LogP contribution in [-0.4, -0.2) is 24.9 Å². The van der Waals surface area contributed by atoms with Gasteiger partial charge in [-0.2, -0.15) is 10.1 Å². The molecule has 0 saturated heterocycles. The van der Waals surface area contributed by atoms with Crippen LogP contribution < -0.4 is 16.7 Å². The summed E-state index contributed by atoms with van der Waals surface area (Å²) in [6, 6.07) is 9.66. The summed E-state index contributed by atoms with van der Waals surface area (Å²) < 4.78 is 4.28. The molecule has 0 bridgehead atoms. The van der Waals surface area contributed by atoms with Gasteiger partial charge >= 0.3 is 5.69 Å². The molecule has 0 radical (unpaired) electrons. The van der Waals surface area contributed by atoms with E-state index in [9.17, 15) is 9.59 Å². The van der Waals surface area contributed by atoms with Gasteiger partial charge in [0, 0.05) is 20.6 Å². The minimum Gasteiger partial charge on any atom is -0.303 e. The van der Waals surface area contributed by atoms with Gasteiger partial charge in [0.1, 0.15) is 0 Å². The molecule has 2 aromatic heterocycles. The monoisotopic (exact) mass is 354 g/mol. The fourth-order valence-corrected chi connectivity index (χ4v) is 2.77. The topological polar surface area (TPSA) is 86.2 Å². The van der Waals surface area contributed by atoms with E-state index < -0.39 is 5.69 Å². The molecule has 0 amide bonds. The third kappa shape index (κ3) is 3.17. The lowest BCUT2D eigenvalue weighted by molar-refractivity contribution is 0.641. The normalized spacial score (nSPS) is 11.5. The van der Waals surface area contributed by atoms with Crippen molar-refractivity contribution in [1.29, 1.82) is 0 Å². The Labute approximate surface area is 150 Å². The van der Waals surface area contributed by atoms with E-state index in [1.54, 1.807) is 17.8 Å². The number of rotatable bonds is 6. The van der Waals surface area contributed by atoms with Crippen LogP contribution in [0.5, 0.6) is 0 Å². The summed E-state index contributed by atoms with van der Waals surface area (Å²) in [4.78, 5) is 29.2. The van der Waals surface area contributed by atoms with Gasteiger partial charge in [0.05, 0.1) is 6.21 Å². The molecule has 1 N–H and O–H groups in total. The van der Waals surface area contributed by atoms with Crippen molar-refractivity contribution in [1.82, 2.24) is 18.7 Å². The van der Waals surface area contributed by atoms with Gasteiger partial charge in [0.2, 0.25) is 5.95 Å². The highest BCUT2D eigenvalue weighted by Gasteiger charge is 2.18. The first kappa shape index (κ1) is 17.7. The van der Waals surface area contributed by atoms with Gasteiger partial charge in [-0.1, -0.05) is 43.7 Å². The van der Waals surface area contributed by atoms with Crippen molar-refractivity contribution in [3.8, 4) is 0 Å².